The van der Waals surface area contributed by atoms with Gasteiger partial charge in [-0.2, -0.15) is 9.78 Å². The Kier molecular flexibility index (Phi) is 5.47. The van der Waals surface area contributed by atoms with Crippen LogP contribution in [0.15, 0.2) is 58.3 Å². The lowest BCUT2D eigenvalue weighted by Crippen LogP contribution is -2.15. The van der Waals surface area contributed by atoms with Crippen LogP contribution in [0.5, 0.6) is 5.75 Å². The molecule has 0 bridgehead atoms. The molecule has 0 saturated carbocycles. The third-order valence-corrected chi connectivity index (χ3v) is 5.37. The molecule has 0 unspecified atom stereocenters. The van der Waals surface area contributed by atoms with Crippen LogP contribution < -0.4 is 4.74 Å². The molecule has 134 valence electrons. The maximum Gasteiger partial charge on any atom is 0.278 e. The molecule has 0 aliphatic rings. The molecule has 3 aromatic rings. The van der Waals surface area contributed by atoms with Crippen LogP contribution >= 0.6 is 11.8 Å². The molecule has 1 aromatic heterocycles. The van der Waals surface area contributed by atoms with E-state index in [2.05, 4.69) is 36.3 Å². The molecule has 0 N–H and O–H groups in total. The summed E-state index contributed by atoms with van der Waals surface area (Å²) in [4.78, 5) is 15.0. The van der Waals surface area contributed by atoms with Gasteiger partial charge in [0.2, 0.25) is 0 Å². The van der Waals surface area contributed by atoms with Gasteiger partial charge in [0, 0.05) is 10.5 Å². The van der Waals surface area contributed by atoms with Gasteiger partial charge >= 0.3 is 0 Å². The Bertz CT molecular complexity index is 912. The van der Waals surface area contributed by atoms with Crippen molar-refractivity contribution in [2.75, 3.05) is 6.61 Å². The molecule has 0 spiro atoms. The summed E-state index contributed by atoms with van der Waals surface area (Å²) in [6.45, 7) is 8.47. The number of hydrogen-bond donors (Lipinski definition) is 0. The van der Waals surface area contributed by atoms with Crippen LogP contribution in [-0.4, -0.2) is 22.3 Å². The minimum Gasteiger partial charge on any atom is -0.494 e. The van der Waals surface area contributed by atoms with Crippen molar-refractivity contribution in [3.63, 3.8) is 0 Å². The quantitative estimate of drug-likeness (QED) is 0.634. The fourth-order valence-corrected chi connectivity index (χ4v) is 3.61. The number of ether oxygens (including phenoxy) is 1. The van der Waals surface area contributed by atoms with Crippen LogP contribution in [0.4, 0.5) is 0 Å². The van der Waals surface area contributed by atoms with Gasteiger partial charge in [-0.1, -0.05) is 29.5 Å². The average Bonchev–Trinajstić information content (AvgIpc) is 2.92. The second-order valence-electron chi connectivity index (χ2n) is 6.09. The van der Waals surface area contributed by atoms with E-state index in [4.69, 9.17) is 4.74 Å². The Morgan fingerprint density at radius 3 is 2.31 bits per heavy atom. The molecule has 5 heteroatoms. The highest BCUT2D eigenvalue weighted by Gasteiger charge is 2.18. The number of carbonyl (C=O) groups is 1. The van der Waals surface area contributed by atoms with E-state index < -0.39 is 0 Å². The first kappa shape index (κ1) is 18.3. The standard InChI is InChI=1S/C21H22N2O2S/c1-5-25-18-10-8-17(9-11-18)21(24)23-16(4)20(15(3)22-23)26-19-12-6-14(2)7-13-19/h6-13H,5H2,1-4H3. The zero-order valence-electron chi connectivity index (χ0n) is 15.4. The van der Waals surface area contributed by atoms with Crippen LogP contribution in [-0.2, 0) is 0 Å². The molecule has 0 amide bonds. The topological polar surface area (TPSA) is 44.1 Å². The number of aromatic nitrogens is 2. The largest absolute Gasteiger partial charge is 0.494 e. The zero-order valence-corrected chi connectivity index (χ0v) is 16.3. The lowest BCUT2D eigenvalue weighted by Gasteiger charge is -2.06. The first-order chi connectivity index (χ1) is 12.5. The van der Waals surface area contributed by atoms with Gasteiger partial charge < -0.3 is 4.74 Å². The molecule has 3 rings (SSSR count). The van der Waals surface area contributed by atoms with Crippen molar-refractivity contribution in [2.45, 2.75) is 37.5 Å². The molecule has 0 aliphatic heterocycles. The van der Waals surface area contributed by atoms with Crippen molar-refractivity contribution in [1.82, 2.24) is 9.78 Å². The highest BCUT2D eigenvalue weighted by molar-refractivity contribution is 7.99. The lowest BCUT2D eigenvalue weighted by molar-refractivity contribution is 0.0942. The summed E-state index contributed by atoms with van der Waals surface area (Å²) < 4.78 is 6.92. The average molecular weight is 366 g/mol. The van der Waals surface area contributed by atoms with Gasteiger partial charge in [-0.05, 0) is 64.1 Å². The van der Waals surface area contributed by atoms with Crippen molar-refractivity contribution >= 4 is 17.7 Å². The minimum absolute atomic E-state index is 0.135. The molecule has 2 aromatic carbocycles. The number of nitrogens with zero attached hydrogens (tertiary/aromatic N) is 2. The molecular formula is C21H22N2O2S. The zero-order chi connectivity index (χ0) is 18.7. The van der Waals surface area contributed by atoms with Crippen LogP contribution in [0.25, 0.3) is 0 Å². The summed E-state index contributed by atoms with van der Waals surface area (Å²) in [7, 11) is 0. The Hall–Kier alpha value is -2.53. The molecule has 4 nitrogen and oxygen atoms in total. The predicted octanol–water partition coefficient (Wildman–Crippen LogP) is 5.05. The normalized spacial score (nSPS) is 10.8. The van der Waals surface area contributed by atoms with E-state index in [1.807, 2.05) is 32.9 Å². The minimum atomic E-state index is -0.135. The smallest absolute Gasteiger partial charge is 0.278 e. The molecular weight excluding hydrogens is 344 g/mol. The number of rotatable bonds is 5. The van der Waals surface area contributed by atoms with Gasteiger partial charge in [-0.25, -0.2) is 0 Å². The summed E-state index contributed by atoms with van der Waals surface area (Å²) >= 11 is 1.64. The van der Waals surface area contributed by atoms with Crippen molar-refractivity contribution in [1.29, 1.82) is 0 Å². The van der Waals surface area contributed by atoms with E-state index in [0.717, 1.165) is 26.9 Å². The third kappa shape index (κ3) is 3.83. The monoisotopic (exact) mass is 366 g/mol. The Balaban J connectivity index is 1.86. The molecule has 0 radical (unpaired) electrons. The van der Waals surface area contributed by atoms with Gasteiger partial charge in [0.25, 0.3) is 5.91 Å². The van der Waals surface area contributed by atoms with Gasteiger partial charge in [0.05, 0.1) is 22.9 Å². The van der Waals surface area contributed by atoms with Crippen molar-refractivity contribution < 1.29 is 9.53 Å². The number of carbonyl (C=O) groups excluding carboxylic acids is 1. The Morgan fingerprint density at radius 2 is 1.69 bits per heavy atom. The summed E-state index contributed by atoms with van der Waals surface area (Å²) in [5.41, 5.74) is 3.52. The second-order valence-corrected chi connectivity index (χ2v) is 7.17. The van der Waals surface area contributed by atoms with E-state index in [1.54, 1.807) is 23.9 Å². The van der Waals surface area contributed by atoms with Gasteiger partial charge in [0.1, 0.15) is 5.75 Å². The number of aryl methyl sites for hydroxylation is 2. The van der Waals surface area contributed by atoms with Crippen molar-refractivity contribution in [3.05, 3.63) is 71.0 Å². The van der Waals surface area contributed by atoms with Crippen molar-refractivity contribution in [2.24, 2.45) is 0 Å². The predicted molar refractivity (Wildman–Crippen MR) is 104 cm³/mol. The van der Waals surface area contributed by atoms with Crippen LogP contribution in [0.1, 0.15) is 34.2 Å². The van der Waals surface area contributed by atoms with Crippen LogP contribution in [0, 0.1) is 20.8 Å². The first-order valence-electron chi connectivity index (χ1n) is 8.58. The van der Waals surface area contributed by atoms with Crippen molar-refractivity contribution in [3.8, 4) is 5.75 Å². The highest BCUT2D eigenvalue weighted by Crippen LogP contribution is 2.33. The van der Waals surface area contributed by atoms with Gasteiger partial charge in [0.15, 0.2) is 0 Å². The first-order valence-corrected chi connectivity index (χ1v) is 9.39. The van der Waals surface area contributed by atoms with E-state index in [9.17, 15) is 4.79 Å². The molecule has 26 heavy (non-hydrogen) atoms. The van der Waals surface area contributed by atoms with Gasteiger partial charge in [-0.3, -0.25) is 4.79 Å². The molecule has 0 aliphatic carbocycles. The van der Waals surface area contributed by atoms with Gasteiger partial charge in [-0.15, -0.1) is 0 Å². The fourth-order valence-electron chi connectivity index (χ4n) is 2.68. The molecule has 0 fully saturated rings. The molecule has 0 atom stereocenters. The second kappa shape index (κ2) is 7.79. The molecule has 1 heterocycles. The van der Waals surface area contributed by atoms with Crippen LogP contribution in [0.2, 0.25) is 0 Å². The number of hydrogen-bond acceptors (Lipinski definition) is 4. The molecule has 0 saturated heterocycles. The SMILES string of the molecule is CCOc1ccc(C(=O)n2nc(C)c(Sc3ccc(C)cc3)c2C)cc1. The fraction of sp³-hybridized carbons (Fsp3) is 0.238. The maximum atomic E-state index is 12.8. The van der Waals surface area contributed by atoms with E-state index in [1.165, 1.54) is 10.2 Å². The lowest BCUT2D eigenvalue weighted by atomic mass is 10.2. The Morgan fingerprint density at radius 1 is 1.04 bits per heavy atom. The highest BCUT2D eigenvalue weighted by atomic mass is 32.2. The maximum absolute atomic E-state index is 12.8. The summed E-state index contributed by atoms with van der Waals surface area (Å²) in [5.74, 6) is 0.623. The summed E-state index contributed by atoms with van der Waals surface area (Å²) in [6.07, 6.45) is 0. The summed E-state index contributed by atoms with van der Waals surface area (Å²) in [5, 5.41) is 4.47. The van der Waals surface area contributed by atoms with E-state index >= 15 is 0 Å². The Labute approximate surface area is 158 Å². The van der Waals surface area contributed by atoms with Crippen LogP contribution in [0.3, 0.4) is 0 Å². The third-order valence-electron chi connectivity index (χ3n) is 4.07. The number of benzene rings is 2. The van der Waals surface area contributed by atoms with E-state index in [-0.39, 0.29) is 5.91 Å². The summed E-state index contributed by atoms with van der Waals surface area (Å²) in [6, 6.07) is 15.5. The van der Waals surface area contributed by atoms with E-state index in [0.29, 0.717) is 12.2 Å².